The summed E-state index contributed by atoms with van der Waals surface area (Å²) in [6.07, 6.45) is 8.42. The zero-order chi connectivity index (χ0) is 12.1. The molecule has 1 atom stereocenters. The molecule has 1 aliphatic rings. The predicted octanol–water partition coefficient (Wildman–Crippen LogP) is 5.28. The number of rotatable bonds is 4. The number of hydrogen-bond acceptors (Lipinski definition) is 0. The summed E-state index contributed by atoms with van der Waals surface area (Å²) >= 11 is 0. The summed E-state index contributed by atoms with van der Waals surface area (Å²) in [5.41, 5.74) is 4.28. The molecule has 1 aliphatic carbocycles. The summed E-state index contributed by atoms with van der Waals surface area (Å²) < 4.78 is 0. The first-order valence-corrected chi connectivity index (χ1v) is 6.58. The highest BCUT2D eigenvalue weighted by Crippen LogP contribution is 2.36. The Kier molecular flexibility index (Phi) is 5.05. The van der Waals surface area contributed by atoms with E-state index >= 15 is 0 Å². The second-order valence-corrected chi connectivity index (χ2v) is 5.46. The summed E-state index contributed by atoms with van der Waals surface area (Å²) in [5.74, 6) is 1.45. The lowest BCUT2D eigenvalue weighted by atomic mass is 9.78. The molecule has 0 nitrogen and oxygen atoms in total. The fraction of sp³-hybridized carbons (Fsp3) is 0.625. The fourth-order valence-electron chi connectivity index (χ4n) is 2.41. The van der Waals surface area contributed by atoms with Crippen molar-refractivity contribution in [1.29, 1.82) is 0 Å². The van der Waals surface area contributed by atoms with E-state index in [1.807, 2.05) is 0 Å². The molecule has 0 N–H and O–H groups in total. The Balaban J connectivity index is 2.60. The first-order chi connectivity index (χ1) is 7.52. The van der Waals surface area contributed by atoms with Gasteiger partial charge in [-0.05, 0) is 49.5 Å². The third-order valence-electron chi connectivity index (χ3n) is 3.43. The van der Waals surface area contributed by atoms with Crippen LogP contribution in [-0.2, 0) is 0 Å². The van der Waals surface area contributed by atoms with Crippen molar-refractivity contribution >= 4 is 0 Å². The van der Waals surface area contributed by atoms with Crippen molar-refractivity contribution < 1.29 is 0 Å². The Morgan fingerprint density at radius 3 is 2.75 bits per heavy atom. The Morgan fingerprint density at radius 2 is 2.19 bits per heavy atom. The molecule has 0 heteroatoms. The van der Waals surface area contributed by atoms with Gasteiger partial charge in [0.05, 0.1) is 0 Å². The maximum Gasteiger partial charge on any atom is -0.0248 e. The third kappa shape index (κ3) is 4.00. The summed E-state index contributed by atoms with van der Waals surface area (Å²) in [6.45, 7) is 15.0. The van der Waals surface area contributed by atoms with Gasteiger partial charge in [0, 0.05) is 0 Å². The van der Waals surface area contributed by atoms with Crippen LogP contribution in [0.5, 0.6) is 0 Å². The van der Waals surface area contributed by atoms with Crippen molar-refractivity contribution in [2.24, 2.45) is 11.8 Å². The minimum absolute atomic E-state index is 0.639. The van der Waals surface area contributed by atoms with Crippen molar-refractivity contribution in [2.45, 2.75) is 52.9 Å². The maximum absolute atomic E-state index is 4.19. The number of allylic oxidation sites excluding steroid dienone is 4. The Bertz CT molecular complexity index is 291. The van der Waals surface area contributed by atoms with Crippen molar-refractivity contribution in [3.05, 3.63) is 36.0 Å². The van der Waals surface area contributed by atoms with E-state index in [0.29, 0.717) is 5.92 Å². The van der Waals surface area contributed by atoms with Gasteiger partial charge in [0.1, 0.15) is 0 Å². The molecule has 0 radical (unpaired) electrons. The first kappa shape index (κ1) is 13.3. The molecule has 90 valence electrons. The van der Waals surface area contributed by atoms with Crippen LogP contribution in [0.2, 0.25) is 0 Å². The van der Waals surface area contributed by atoms with Crippen molar-refractivity contribution in [1.82, 2.24) is 0 Å². The molecular formula is C16H26. The molecule has 0 aliphatic heterocycles. The maximum atomic E-state index is 4.19. The SMILES string of the molecule is C=C(CC)CC1CCC(=C)C(=CC(C)C)C1. The highest BCUT2D eigenvalue weighted by Gasteiger charge is 2.20. The van der Waals surface area contributed by atoms with E-state index in [9.17, 15) is 0 Å². The lowest BCUT2D eigenvalue weighted by Crippen LogP contribution is -2.11. The van der Waals surface area contributed by atoms with Gasteiger partial charge >= 0.3 is 0 Å². The second-order valence-electron chi connectivity index (χ2n) is 5.46. The van der Waals surface area contributed by atoms with E-state index in [4.69, 9.17) is 0 Å². The largest absolute Gasteiger partial charge is 0.0999 e. The molecule has 0 saturated heterocycles. The predicted molar refractivity (Wildman–Crippen MR) is 73.5 cm³/mol. The quantitative estimate of drug-likeness (QED) is 0.563. The van der Waals surface area contributed by atoms with Crippen LogP contribution in [-0.4, -0.2) is 0 Å². The van der Waals surface area contributed by atoms with Gasteiger partial charge < -0.3 is 0 Å². The molecule has 0 heterocycles. The van der Waals surface area contributed by atoms with Gasteiger partial charge in [0.2, 0.25) is 0 Å². The van der Waals surface area contributed by atoms with Crippen LogP contribution in [0.4, 0.5) is 0 Å². The Labute approximate surface area is 101 Å². The molecule has 0 aromatic carbocycles. The van der Waals surface area contributed by atoms with Gasteiger partial charge in [-0.1, -0.05) is 51.2 Å². The lowest BCUT2D eigenvalue weighted by molar-refractivity contribution is 0.447. The smallest absolute Gasteiger partial charge is 0.0248 e. The lowest BCUT2D eigenvalue weighted by Gasteiger charge is -2.27. The summed E-state index contributed by atoms with van der Waals surface area (Å²) in [5, 5.41) is 0. The third-order valence-corrected chi connectivity index (χ3v) is 3.43. The van der Waals surface area contributed by atoms with Crippen LogP contribution in [0, 0.1) is 11.8 Å². The van der Waals surface area contributed by atoms with Crippen LogP contribution in [0.3, 0.4) is 0 Å². The van der Waals surface area contributed by atoms with Gasteiger partial charge in [-0.15, -0.1) is 0 Å². The second kappa shape index (κ2) is 6.08. The highest BCUT2D eigenvalue weighted by atomic mass is 14.2. The van der Waals surface area contributed by atoms with Crippen LogP contribution in [0.25, 0.3) is 0 Å². The molecule has 1 fully saturated rings. The average molecular weight is 218 g/mol. The van der Waals surface area contributed by atoms with Crippen LogP contribution < -0.4 is 0 Å². The molecule has 0 aromatic heterocycles. The van der Waals surface area contributed by atoms with E-state index in [1.54, 1.807) is 0 Å². The van der Waals surface area contributed by atoms with E-state index < -0.39 is 0 Å². The van der Waals surface area contributed by atoms with Crippen LogP contribution >= 0.6 is 0 Å². The van der Waals surface area contributed by atoms with Crippen molar-refractivity contribution in [3.63, 3.8) is 0 Å². The summed E-state index contributed by atoms with van der Waals surface area (Å²) in [6, 6.07) is 0. The van der Waals surface area contributed by atoms with Gasteiger partial charge in [-0.2, -0.15) is 0 Å². The molecule has 1 rings (SSSR count). The summed E-state index contributed by atoms with van der Waals surface area (Å²) in [4.78, 5) is 0. The normalized spacial score (nSPS) is 24.1. The Hall–Kier alpha value is -0.780. The van der Waals surface area contributed by atoms with E-state index in [-0.39, 0.29) is 0 Å². The molecule has 1 unspecified atom stereocenters. The van der Waals surface area contributed by atoms with Gasteiger partial charge in [0.25, 0.3) is 0 Å². The number of hydrogen-bond donors (Lipinski definition) is 0. The van der Waals surface area contributed by atoms with Crippen LogP contribution in [0.1, 0.15) is 52.9 Å². The van der Waals surface area contributed by atoms with Gasteiger partial charge in [-0.25, -0.2) is 0 Å². The molecule has 16 heavy (non-hydrogen) atoms. The van der Waals surface area contributed by atoms with E-state index in [2.05, 4.69) is 40.0 Å². The van der Waals surface area contributed by atoms with E-state index in [1.165, 1.54) is 42.4 Å². The average Bonchev–Trinajstić information content (AvgIpc) is 2.22. The van der Waals surface area contributed by atoms with Gasteiger partial charge in [0.15, 0.2) is 0 Å². The first-order valence-electron chi connectivity index (χ1n) is 6.58. The zero-order valence-corrected chi connectivity index (χ0v) is 11.2. The van der Waals surface area contributed by atoms with Crippen LogP contribution in [0.15, 0.2) is 36.0 Å². The van der Waals surface area contributed by atoms with E-state index in [0.717, 1.165) is 12.3 Å². The molecule has 0 bridgehead atoms. The van der Waals surface area contributed by atoms with Crippen molar-refractivity contribution in [2.75, 3.05) is 0 Å². The Morgan fingerprint density at radius 1 is 1.50 bits per heavy atom. The minimum atomic E-state index is 0.639. The summed E-state index contributed by atoms with van der Waals surface area (Å²) in [7, 11) is 0. The highest BCUT2D eigenvalue weighted by molar-refractivity contribution is 5.31. The zero-order valence-electron chi connectivity index (χ0n) is 11.2. The fourth-order valence-corrected chi connectivity index (χ4v) is 2.41. The standard InChI is InChI=1S/C16H26/c1-6-13(4)10-15-8-7-14(5)16(11-15)9-12(2)3/h9,12,15H,4-8,10-11H2,1-3H3. The molecular weight excluding hydrogens is 192 g/mol. The van der Waals surface area contributed by atoms with Crippen molar-refractivity contribution in [3.8, 4) is 0 Å². The minimum Gasteiger partial charge on any atom is -0.0999 e. The molecule has 0 spiro atoms. The van der Waals surface area contributed by atoms with Gasteiger partial charge in [-0.3, -0.25) is 0 Å². The molecule has 0 amide bonds. The molecule has 1 saturated carbocycles. The topological polar surface area (TPSA) is 0 Å². The monoisotopic (exact) mass is 218 g/mol. The molecule has 0 aromatic rings.